The number of nitrogens with one attached hydrogen (secondary N) is 2. The van der Waals surface area contributed by atoms with Crippen LogP contribution in [0.1, 0.15) is 16.3 Å². The fraction of sp³-hybridized carbons (Fsp3) is 0.294. The van der Waals surface area contributed by atoms with Gasteiger partial charge in [-0.15, -0.1) is 0 Å². The van der Waals surface area contributed by atoms with Crippen molar-refractivity contribution in [2.75, 3.05) is 20.2 Å². The number of hydrogen-bond acceptors (Lipinski definition) is 5. The first-order valence-corrected chi connectivity index (χ1v) is 7.74. The molecule has 10 heteroatoms. The third-order valence-corrected chi connectivity index (χ3v) is 3.22. The predicted molar refractivity (Wildman–Crippen MR) is 87.4 cm³/mol. The molecule has 0 saturated carbocycles. The van der Waals surface area contributed by atoms with Crippen LogP contribution >= 0.6 is 0 Å². The van der Waals surface area contributed by atoms with E-state index in [9.17, 15) is 22.8 Å². The first-order valence-electron chi connectivity index (χ1n) is 7.74. The second kappa shape index (κ2) is 8.97. The average Bonchev–Trinajstić information content (AvgIpc) is 3.11. The van der Waals surface area contributed by atoms with Gasteiger partial charge in [0, 0.05) is 0 Å². The average molecular weight is 386 g/mol. The SMILES string of the molecule is COc1ccccc1OCc1ccc(C(=O)NCC(=O)NCC(F)(F)F)o1. The molecule has 0 spiro atoms. The number of amides is 2. The van der Waals surface area contributed by atoms with Gasteiger partial charge in [0.15, 0.2) is 17.3 Å². The molecule has 0 aliphatic rings. The number of carbonyl (C=O) groups excluding carboxylic acids is 2. The second-order valence-electron chi connectivity index (χ2n) is 5.28. The molecular formula is C17H17F3N2O5. The molecule has 2 N–H and O–H groups in total. The Bertz CT molecular complexity index is 789. The molecule has 2 amide bonds. The standard InChI is InChI=1S/C17H17F3N2O5/c1-25-12-4-2-3-5-13(12)26-9-11-6-7-14(27-11)16(24)21-8-15(23)22-10-17(18,19)20/h2-7H,8-10H2,1H3,(H,21,24)(H,22,23). The highest BCUT2D eigenvalue weighted by Crippen LogP contribution is 2.26. The summed E-state index contributed by atoms with van der Waals surface area (Å²) in [5, 5.41) is 3.81. The minimum absolute atomic E-state index is 0.0275. The lowest BCUT2D eigenvalue weighted by Gasteiger charge is -2.09. The molecule has 1 aromatic heterocycles. The molecule has 146 valence electrons. The van der Waals surface area contributed by atoms with Crippen LogP contribution in [-0.2, 0) is 11.4 Å². The van der Waals surface area contributed by atoms with Crippen molar-refractivity contribution in [1.82, 2.24) is 10.6 Å². The topological polar surface area (TPSA) is 89.8 Å². The predicted octanol–water partition coefficient (Wildman–Crippen LogP) is 2.28. The zero-order valence-corrected chi connectivity index (χ0v) is 14.3. The summed E-state index contributed by atoms with van der Waals surface area (Å²) in [6.45, 7) is -2.05. The Labute approximate surface area is 152 Å². The molecule has 0 atom stereocenters. The van der Waals surface area contributed by atoms with E-state index in [0.717, 1.165) is 0 Å². The number of rotatable bonds is 8. The summed E-state index contributed by atoms with van der Waals surface area (Å²) in [5.41, 5.74) is 0. The normalized spacial score (nSPS) is 11.0. The lowest BCUT2D eigenvalue weighted by atomic mass is 10.3. The summed E-state index contributed by atoms with van der Waals surface area (Å²) in [5.74, 6) is -0.437. The Kier molecular flexibility index (Phi) is 6.69. The highest BCUT2D eigenvalue weighted by molar-refractivity contribution is 5.94. The van der Waals surface area contributed by atoms with Crippen molar-refractivity contribution in [3.05, 3.63) is 47.9 Å². The quantitative estimate of drug-likeness (QED) is 0.727. The number of alkyl halides is 3. The Morgan fingerprint density at radius 2 is 1.78 bits per heavy atom. The van der Waals surface area contributed by atoms with Crippen LogP contribution in [0.5, 0.6) is 11.5 Å². The van der Waals surface area contributed by atoms with Crippen molar-refractivity contribution < 1.29 is 36.7 Å². The Morgan fingerprint density at radius 1 is 1.07 bits per heavy atom. The van der Waals surface area contributed by atoms with Gasteiger partial charge in [-0.3, -0.25) is 9.59 Å². The van der Waals surface area contributed by atoms with Gasteiger partial charge in [0.1, 0.15) is 18.9 Å². The third-order valence-electron chi connectivity index (χ3n) is 3.22. The molecule has 0 radical (unpaired) electrons. The van der Waals surface area contributed by atoms with Crippen LogP contribution in [0.15, 0.2) is 40.8 Å². The first kappa shape index (κ1) is 20.1. The van der Waals surface area contributed by atoms with Crippen molar-refractivity contribution in [3.63, 3.8) is 0 Å². The zero-order valence-electron chi connectivity index (χ0n) is 14.3. The number of carbonyl (C=O) groups is 2. The van der Waals surface area contributed by atoms with Gasteiger partial charge in [-0.2, -0.15) is 13.2 Å². The summed E-state index contributed by atoms with van der Waals surface area (Å²) in [6, 6.07) is 9.85. The number of benzene rings is 1. The summed E-state index contributed by atoms with van der Waals surface area (Å²) in [4.78, 5) is 23.1. The number of halogens is 3. The van der Waals surface area contributed by atoms with E-state index < -0.39 is 31.1 Å². The molecule has 2 rings (SSSR count). The molecule has 2 aromatic rings. The van der Waals surface area contributed by atoms with Gasteiger partial charge in [-0.1, -0.05) is 12.1 Å². The second-order valence-corrected chi connectivity index (χ2v) is 5.28. The lowest BCUT2D eigenvalue weighted by Crippen LogP contribution is -2.40. The minimum atomic E-state index is -4.52. The van der Waals surface area contributed by atoms with Gasteiger partial charge in [0.05, 0.1) is 13.7 Å². The van der Waals surface area contributed by atoms with Crippen molar-refractivity contribution in [2.24, 2.45) is 0 Å². The van der Waals surface area contributed by atoms with Gasteiger partial charge in [-0.25, -0.2) is 0 Å². The van der Waals surface area contributed by atoms with Gasteiger partial charge >= 0.3 is 6.18 Å². The van der Waals surface area contributed by atoms with Gasteiger partial charge in [-0.05, 0) is 24.3 Å². The summed E-state index contributed by atoms with van der Waals surface area (Å²) in [7, 11) is 1.50. The highest BCUT2D eigenvalue weighted by atomic mass is 19.4. The summed E-state index contributed by atoms with van der Waals surface area (Å²) in [6.07, 6.45) is -4.52. The molecule has 0 aliphatic carbocycles. The maximum Gasteiger partial charge on any atom is 0.405 e. The summed E-state index contributed by atoms with van der Waals surface area (Å²) >= 11 is 0. The van der Waals surface area contributed by atoms with Gasteiger partial charge in [0.25, 0.3) is 5.91 Å². The molecule has 0 aliphatic heterocycles. The maximum absolute atomic E-state index is 12.0. The lowest BCUT2D eigenvalue weighted by molar-refractivity contribution is -0.137. The number of hydrogen-bond donors (Lipinski definition) is 2. The highest BCUT2D eigenvalue weighted by Gasteiger charge is 2.27. The van der Waals surface area contributed by atoms with Crippen molar-refractivity contribution in [3.8, 4) is 11.5 Å². The van der Waals surface area contributed by atoms with Crippen LogP contribution < -0.4 is 20.1 Å². The van der Waals surface area contributed by atoms with Crippen LogP contribution in [0.3, 0.4) is 0 Å². The molecule has 1 aromatic carbocycles. The van der Waals surface area contributed by atoms with Crippen LogP contribution in [-0.4, -0.2) is 38.2 Å². The van der Waals surface area contributed by atoms with E-state index in [2.05, 4.69) is 5.32 Å². The van der Waals surface area contributed by atoms with Gasteiger partial charge in [0.2, 0.25) is 5.91 Å². The van der Waals surface area contributed by atoms with Crippen LogP contribution in [0.2, 0.25) is 0 Å². The minimum Gasteiger partial charge on any atom is -0.493 e. The fourth-order valence-electron chi connectivity index (χ4n) is 1.97. The molecule has 1 heterocycles. The Hall–Kier alpha value is -3.17. The van der Waals surface area contributed by atoms with E-state index in [0.29, 0.717) is 17.3 Å². The molecule has 0 fully saturated rings. The van der Waals surface area contributed by atoms with Crippen molar-refractivity contribution in [2.45, 2.75) is 12.8 Å². The van der Waals surface area contributed by atoms with E-state index in [1.54, 1.807) is 29.6 Å². The molecule has 0 unspecified atom stereocenters. The summed E-state index contributed by atoms with van der Waals surface area (Å²) < 4.78 is 52.0. The monoisotopic (exact) mass is 386 g/mol. The smallest absolute Gasteiger partial charge is 0.405 e. The molecule has 0 bridgehead atoms. The molecule has 0 saturated heterocycles. The largest absolute Gasteiger partial charge is 0.493 e. The maximum atomic E-state index is 12.0. The van der Waals surface area contributed by atoms with E-state index in [1.807, 2.05) is 0 Å². The number of ether oxygens (including phenoxy) is 2. The van der Waals surface area contributed by atoms with Gasteiger partial charge < -0.3 is 24.5 Å². The third kappa shape index (κ3) is 6.57. The van der Waals surface area contributed by atoms with Crippen LogP contribution in [0.25, 0.3) is 0 Å². The number of methoxy groups -OCH3 is 1. The molecular weight excluding hydrogens is 369 g/mol. The molecule has 7 nitrogen and oxygen atoms in total. The van der Waals surface area contributed by atoms with Crippen LogP contribution in [0, 0.1) is 0 Å². The van der Waals surface area contributed by atoms with E-state index in [4.69, 9.17) is 13.9 Å². The zero-order chi connectivity index (χ0) is 19.9. The number of para-hydroxylation sites is 2. The van der Waals surface area contributed by atoms with E-state index in [-0.39, 0.29) is 12.4 Å². The fourth-order valence-corrected chi connectivity index (χ4v) is 1.97. The van der Waals surface area contributed by atoms with Crippen molar-refractivity contribution >= 4 is 11.8 Å². The molecule has 27 heavy (non-hydrogen) atoms. The first-order chi connectivity index (χ1) is 12.8. The number of furan rings is 1. The van der Waals surface area contributed by atoms with E-state index >= 15 is 0 Å². The van der Waals surface area contributed by atoms with Crippen molar-refractivity contribution in [1.29, 1.82) is 0 Å². The Balaban J connectivity index is 1.82. The van der Waals surface area contributed by atoms with E-state index in [1.165, 1.54) is 19.2 Å². The Morgan fingerprint density at radius 3 is 2.44 bits per heavy atom. The van der Waals surface area contributed by atoms with Crippen LogP contribution in [0.4, 0.5) is 13.2 Å².